The van der Waals surface area contributed by atoms with Crippen LogP contribution in [0, 0.1) is 12.3 Å². The van der Waals surface area contributed by atoms with Gasteiger partial charge in [0.25, 0.3) is 0 Å². The Labute approximate surface area is 300 Å². The van der Waals surface area contributed by atoms with Crippen LogP contribution in [0.15, 0.2) is 170 Å². The summed E-state index contributed by atoms with van der Waals surface area (Å²) in [5, 5.41) is 11.6. The lowest BCUT2D eigenvalue weighted by atomic mass is 9.87. The van der Waals surface area contributed by atoms with Gasteiger partial charge >= 0.3 is 0 Å². The zero-order chi connectivity index (χ0) is 35.3. The van der Waals surface area contributed by atoms with Crippen LogP contribution in [0.4, 0.5) is 0 Å². The Kier molecular flexibility index (Phi) is 8.64. The van der Waals surface area contributed by atoms with E-state index in [0.29, 0.717) is 80.1 Å². The molecular weight excluding hydrogens is 652 g/mol. The molecule has 14 bridgehead atoms. The molecule has 1 N–H and O–H groups in total. The van der Waals surface area contributed by atoms with Gasteiger partial charge in [-0.05, 0) is 146 Å². The topological polar surface area (TPSA) is 75.6 Å². The second-order valence-corrected chi connectivity index (χ2v) is 11.9. The molecule has 0 saturated carbocycles. The van der Waals surface area contributed by atoms with Crippen molar-refractivity contribution < 1.29 is 33.5 Å². The summed E-state index contributed by atoms with van der Waals surface area (Å²) in [6, 6.07) is 50.8. The standard InChI is InChI=1S/C45H30O7/c1-2-45(46)31-3-7-33(8-4-31)47-35-11-15-37(16-12-35)49-39-19-23-41(24-20-39)51-43-27-29-44(30-28-43)52-42-25-21-40(22-26-42)50-38-17-13-36(14-18-38)48-34-9-5-32(45)6-10-34/h1,3-30,46H. The van der Waals surface area contributed by atoms with Crippen LogP contribution < -0.4 is 28.4 Å². The Balaban J connectivity index is 1.05. The number of aliphatic hydroxyl groups is 1. The summed E-state index contributed by atoms with van der Waals surface area (Å²) in [4.78, 5) is 0. The summed E-state index contributed by atoms with van der Waals surface area (Å²) < 4.78 is 36.2. The summed E-state index contributed by atoms with van der Waals surface area (Å²) in [6.07, 6.45) is 5.89. The van der Waals surface area contributed by atoms with E-state index in [9.17, 15) is 5.11 Å². The molecule has 0 radical (unpaired) electrons. The third kappa shape index (κ3) is 7.24. The number of hydrogen-bond donors (Lipinski definition) is 1. The Morgan fingerprint density at radius 3 is 0.558 bits per heavy atom. The van der Waals surface area contributed by atoms with E-state index in [2.05, 4.69) is 5.92 Å². The number of fused-ring (bicyclic) bond motifs is 7. The fourth-order valence-electron chi connectivity index (χ4n) is 5.56. The number of rotatable bonds is 0. The molecule has 8 aliphatic heterocycles. The quantitative estimate of drug-likeness (QED) is 0.160. The van der Waals surface area contributed by atoms with Crippen molar-refractivity contribution in [2.45, 2.75) is 5.60 Å². The largest absolute Gasteiger partial charge is 0.457 e. The molecule has 7 aromatic carbocycles. The van der Waals surface area contributed by atoms with Gasteiger partial charge in [-0.3, -0.25) is 0 Å². The maximum absolute atomic E-state index is 11.6. The second kappa shape index (κ2) is 14.0. The summed E-state index contributed by atoms with van der Waals surface area (Å²) in [6.45, 7) is 0. The third-order valence-corrected chi connectivity index (χ3v) is 8.29. The monoisotopic (exact) mass is 682 g/mol. The van der Waals surface area contributed by atoms with Crippen LogP contribution in [0.5, 0.6) is 69.0 Å². The molecule has 7 heteroatoms. The second-order valence-electron chi connectivity index (χ2n) is 11.9. The first-order valence-electron chi connectivity index (χ1n) is 16.5. The molecule has 0 spiro atoms. The molecule has 0 saturated heterocycles. The van der Waals surface area contributed by atoms with Gasteiger partial charge in [0.2, 0.25) is 0 Å². The maximum Gasteiger partial charge on any atom is 0.176 e. The van der Waals surface area contributed by atoms with E-state index in [1.807, 2.05) is 121 Å². The summed E-state index contributed by atoms with van der Waals surface area (Å²) in [5.41, 5.74) is -0.607. The highest BCUT2D eigenvalue weighted by molar-refractivity contribution is 5.49. The zero-order valence-electron chi connectivity index (χ0n) is 27.6. The number of ether oxygens (including phenoxy) is 6. The molecule has 0 atom stereocenters. The van der Waals surface area contributed by atoms with Crippen molar-refractivity contribution in [3.63, 3.8) is 0 Å². The smallest absolute Gasteiger partial charge is 0.176 e. The lowest BCUT2D eigenvalue weighted by Gasteiger charge is -2.24. The van der Waals surface area contributed by atoms with Gasteiger partial charge in [-0.1, -0.05) is 30.2 Å². The Bertz CT molecular complexity index is 2150. The van der Waals surface area contributed by atoms with E-state index >= 15 is 0 Å². The van der Waals surface area contributed by atoms with E-state index in [-0.39, 0.29) is 0 Å². The van der Waals surface area contributed by atoms with Crippen LogP contribution in [-0.2, 0) is 5.60 Å². The first-order valence-corrected chi connectivity index (χ1v) is 16.5. The maximum atomic E-state index is 11.6. The Morgan fingerprint density at radius 2 is 0.423 bits per heavy atom. The van der Waals surface area contributed by atoms with Gasteiger partial charge in [-0.2, -0.15) is 0 Å². The van der Waals surface area contributed by atoms with Crippen molar-refractivity contribution >= 4 is 0 Å². The van der Waals surface area contributed by atoms with Gasteiger partial charge < -0.3 is 33.5 Å². The normalized spacial score (nSPS) is 13.0. The molecule has 8 aliphatic rings. The molecular formula is C45H30O7. The molecule has 0 fully saturated rings. The first kappa shape index (κ1) is 32.1. The molecule has 0 unspecified atom stereocenters. The Hall–Kier alpha value is -7.14. The summed E-state index contributed by atoms with van der Waals surface area (Å²) in [7, 11) is 0. The molecule has 0 aliphatic carbocycles. The van der Waals surface area contributed by atoms with E-state index in [1.165, 1.54) is 0 Å². The molecule has 0 amide bonds. The average molecular weight is 683 g/mol. The Morgan fingerprint density at radius 1 is 0.288 bits per heavy atom. The van der Waals surface area contributed by atoms with Crippen molar-refractivity contribution in [3.05, 3.63) is 181 Å². The fraction of sp³-hybridized carbons (Fsp3) is 0.0222. The molecule has 52 heavy (non-hydrogen) atoms. The SMILES string of the molecule is C#CC1(O)c2ccc(cc2)Oc2ccc(cc2)Oc2ccc(cc2)Oc2ccc(cc2)Oc2ccc(cc2)Oc2ccc(cc2)Oc2ccc1cc2. The van der Waals surface area contributed by atoms with Gasteiger partial charge in [0, 0.05) is 11.1 Å². The molecule has 7 nitrogen and oxygen atoms in total. The average Bonchev–Trinajstić information content (AvgIpc) is 3.19. The van der Waals surface area contributed by atoms with E-state index < -0.39 is 5.60 Å². The predicted octanol–water partition coefficient (Wildman–Crippen LogP) is 11.6. The van der Waals surface area contributed by atoms with Crippen LogP contribution in [0.2, 0.25) is 0 Å². The van der Waals surface area contributed by atoms with Gasteiger partial charge in [0.1, 0.15) is 69.0 Å². The van der Waals surface area contributed by atoms with E-state index in [1.54, 1.807) is 48.5 Å². The van der Waals surface area contributed by atoms with Crippen molar-refractivity contribution in [1.82, 2.24) is 0 Å². The van der Waals surface area contributed by atoms with Gasteiger partial charge in [0.15, 0.2) is 5.60 Å². The van der Waals surface area contributed by atoms with Crippen molar-refractivity contribution in [2.24, 2.45) is 0 Å². The van der Waals surface area contributed by atoms with Gasteiger partial charge in [0.05, 0.1) is 0 Å². The number of hydrogen-bond acceptors (Lipinski definition) is 7. The zero-order valence-corrected chi connectivity index (χ0v) is 27.6. The molecule has 8 heterocycles. The first-order chi connectivity index (χ1) is 25.5. The van der Waals surface area contributed by atoms with Gasteiger partial charge in [-0.15, -0.1) is 6.42 Å². The highest BCUT2D eigenvalue weighted by atomic mass is 16.5. The van der Waals surface area contributed by atoms with Crippen LogP contribution in [0.1, 0.15) is 11.1 Å². The van der Waals surface area contributed by atoms with Crippen molar-refractivity contribution in [1.29, 1.82) is 0 Å². The van der Waals surface area contributed by atoms with Crippen LogP contribution in [0.25, 0.3) is 0 Å². The van der Waals surface area contributed by atoms with Gasteiger partial charge in [-0.25, -0.2) is 0 Å². The van der Waals surface area contributed by atoms with E-state index in [4.69, 9.17) is 34.8 Å². The van der Waals surface area contributed by atoms with Crippen LogP contribution in [0.3, 0.4) is 0 Å². The summed E-state index contributed by atoms with van der Waals surface area (Å²) in [5.74, 6) is 10.2. The predicted molar refractivity (Wildman–Crippen MR) is 197 cm³/mol. The fourth-order valence-corrected chi connectivity index (χ4v) is 5.56. The summed E-state index contributed by atoms with van der Waals surface area (Å²) >= 11 is 0. The minimum absolute atomic E-state index is 0.527. The third-order valence-electron chi connectivity index (χ3n) is 8.29. The highest BCUT2D eigenvalue weighted by Gasteiger charge is 2.29. The molecule has 0 aromatic heterocycles. The number of benzene rings is 7. The van der Waals surface area contributed by atoms with Crippen molar-refractivity contribution in [3.8, 4) is 81.3 Å². The lowest BCUT2D eigenvalue weighted by Crippen LogP contribution is -2.24. The van der Waals surface area contributed by atoms with Crippen LogP contribution >= 0.6 is 0 Å². The van der Waals surface area contributed by atoms with Crippen molar-refractivity contribution in [2.75, 3.05) is 0 Å². The van der Waals surface area contributed by atoms with Crippen LogP contribution in [-0.4, -0.2) is 5.11 Å². The molecule has 252 valence electrons. The highest BCUT2D eigenvalue weighted by Crippen LogP contribution is 2.35. The minimum Gasteiger partial charge on any atom is -0.457 e. The van der Waals surface area contributed by atoms with E-state index in [0.717, 1.165) is 0 Å². The molecule has 15 rings (SSSR count). The lowest BCUT2D eigenvalue weighted by molar-refractivity contribution is 0.145. The number of terminal acetylenes is 1. The minimum atomic E-state index is -1.66. The molecule has 7 aromatic rings.